The molecule has 1 aromatic carbocycles. The SMILES string of the molecule is NC[C@H](C(=O)O)c1ccc(Cl)cc1. The van der Waals surface area contributed by atoms with Gasteiger partial charge in [-0.1, -0.05) is 23.7 Å². The molecule has 0 aliphatic rings. The second-order valence-electron chi connectivity index (χ2n) is 2.68. The van der Waals surface area contributed by atoms with E-state index in [2.05, 4.69) is 0 Å². The van der Waals surface area contributed by atoms with Crippen LogP contribution in [0.2, 0.25) is 5.02 Å². The molecule has 0 saturated carbocycles. The Hall–Kier alpha value is -1.06. The van der Waals surface area contributed by atoms with Crippen LogP contribution >= 0.6 is 11.6 Å². The molecule has 3 N–H and O–H groups in total. The van der Waals surface area contributed by atoms with E-state index in [1.807, 2.05) is 0 Å². The van der Waals surface area contributed by atoms with Crippen LogP contribution in [0, 0.1) is 0 Å². The molecule has 0 saturated heterocycles. The number of aliphatic carboxylic acids is 1. The monoisotopic (exact) mass is 199 g/mol. The maximum absolute atomic E-state index is 10.7. The van der Waals surface area contributed by atoms with Gasteiger partial charge in [-0.15, -0.1) is 0 Å². The van der Waals surface area contributed by atoms with Crippen LogP contribution < -0.4 is 5.73 Å². The van der Waals surface area contributed by atoms with Gasteiger partial charge >= 0.3 is 5.97 Å². The summed E-state index contributed by atoms with van der Waals surface area (Å²) in [6.07, 6.45) is 0. The average molecular weight is 200 g/mol. The number of rotatable bonds is 3. The summed E-state index contributed by atoms with van der Waals surface area (Å²) in [5.41, 5.74) is 6.01. The van der Waals surface area contributed by atoms with Crippen molar-refractivity contribution in [3.63, 3.8) is 0 Å². The summed E-state index contributed by atoms with van der Waals surface area (Å²) in [4.78, 5) is 10.7. The molecule has 0 aliphatic carbocycles. The van der Waals surface area contributed by atoms with Crippen molar-refractivity contribution in [2.45, 2.75) is 5.92 Å². The molecule has 3 nitrogen and oxygen atoms in total. The molecular formula is C9H10ClNO2. The Balaban J connectivity index is 2.92. The van der Waals surface area contributed by atoms with Crippen molar-refractivity contribution >= 4 is 17.6 Å². The van der Waals surface area contributed by atoms with Crippen LogP contribution in [-0.2, 0) is 4.79 Å². The number of halogens is 1. The quantitative estimate of drug-likeness (QED) is 0.775. The number of hydrogen-bond acceptors (Lipinski definition) is 2. The van der Waals surface area contributed by atoms with E-state index in [-0.39, 0.29) is 6.54 Å². The molecule has 0 fully saturated rings. The summed E-state index contributed by atoms with van der Waals surface area (Å²) in [6.45, 7) is 0.0942. The third-order valence-corrected chi connectivity index (χ3v) is 2.06. The van der Waals surface area contributed by atoms with Crippen LogP contribution in [-0.4, -0.2) is 17.6 Å². The van der Waals surface area contributed by atoms with Crippen molar-refractivity contribution in [3.8, 4) is 0 Å². The molecule has 1 rings (SSSR count). The lowest BCUT2D eigenvalue weighted by atomic mass is 10.00. The second kappa shape index (κ2) is 4.25. The first-order chi connectivity index (χ1) is 6.15. The van der Waals surface area contributed by atoms with E-state index in [0.717, 1.165) is 0 Å². The Morgan fingerprint density at radius 1 is 1.46 bits per heavy atom. The summed E-state index contributed by atoms with van der Waals surface area (Å²) in [5.74, 6) is -1.55. The highest BCUT2D eigenvalue weighted by Crippen LogP contribution is 2.17. The lowest BCUT2D eigenvalue weighted by molar-refractivity contribution is -0.138. The molecule has 0 unspecified atom stereocenters. The standard InChI is InChI=1S/C9H10ClNO2/c10-7-3-1-6(2-4-7)8(5-11)9(12)13/h1-4,8H,5,11H2,(H,12,13)/t8-/m0/s1. The molecule has 1 atom stereocenters. The number of carboxylic acids is 1. The molecular weight excluding hydrogens is 190 g/mol. The van der Waals surface area contributed by atoms with Gasteiger partial charge in [0.05, 0.1) is 5.92 Å². The van der Waals surface area contributed by atoms with Crippen LogP contribution in [0.3, 0.4) is 0 Å². The van der Waals surface area contributed by atoms with E-state index in [1.165, 1.54) is 0 Å². The Bertz CT molecular complexity index is 297. The first-order valence-corrected chi connectivity index (χ1v) is 4.21. The van der Waals surface area contributed by atoms with E-state index in [9.17, 15) is 4.79 Å². The van der Waals surface area contributed by atoms with Crippen LogP contribution in [0.1, 0.15) is 11.5 Å². The van der Waals surface area contributed by atoms with Gasteiger partial charge in [0.15, 0.2) is 0 Å². The number of hydrogen-bond donors (Lipinski definition) is 2. The summed E-state index contributed by atoms with van der Waals surface area (Å²) in [7, 11) is 0. The van der Waals surface area contributed by atoms with Crippen molar-refractivity contribution in [2.75, 3.05) is 6.54 Å². The fraction of sp³-hybridized carbons (Fsp3) is 0.222. The fourth-order valence-electron chi connectivity index (χ4n) is 1.07. The Morgan fingerprint density at radius 3 is 2.38 bits per heavy atom. The van der Waals surface area contributed by atoms with E-state index >= 15 is 0 Å². The number of benzene rings is 1. The van der Waals surface area contributed by atoms with E-state index in [1.54, 1.807) is 24.3 Å². The van der Waals surface area contributed by atoms with Crippen molar-refractivity contribution in [2.24, 2.45) is 5.73 Å². The number of nitrogens with two attached hydrogens (primary N) is 1. The van der Waals surface area contributed by atoms with Crippen LogP contribution in [0.25, 0.3) is 0 Å². The fourth-order valence-corrected chi connectivity index (χ4v) is 1.20. The zero-order chi connectivity index (χ0) is 9.84. The third kappa shape index (κ3) is 2.44. The Kier molecular flexibility index (Phi) is 3.28. The zero-order valence-electron chi connectivity index (χ0n) is 6.90. The summed E-state index contributed by atoms with van der Waals surface area (Å²) >= 11 is 5.66. The minimum absolute atomic E-state index is 0.0942. The molecule has 0 amide bonds. The van der Waals surface area contributed by atoms with Crippen LogP contribution in [0.5, 0.6) is 0 Å². The number of carboxylic acid groups (broad SMARTS) is 1. The van der Waals surface area contributed by atoms with Gasteiger partial charge in [-0.3, -0.25) is 4.79 Å². The smallest absolute Gasteiger partial charge is 0.312 e. The lowest BCUT2D eigenvalue weighted by Crippen LogP contribution is -2.20. The summed E-state index contributed by atoms with van der Waals surface area (Å²) in [6, 6.07) is 6.66. The lowest BCUT2D eigenvalue weighted by Gasteiger charge is -2.09. The van der Waals surface area contributed by atoms with Gasteiger partial charge < -0.3 is 10.8 Å². The van der Waals surface area contributed by atoms with Gasteiger partial charge in [0, 0.05) is 11.6 Å². The predicted molar refractivity (Wildman–Crippen MR) is 50.9 cm³/mol. The zero-order valence-corrected chi connectivity index (χ0v) is 7.66. The molecule has 70 valence electrons. The molecule has 13 heavy (non-hydrogen) atoms. The van der Waals surface area contributed by atoms with Crippen molar-refractivity contribution in [1.82, 2.24) is 0 Å². The second-order valence-corrected chi connectivity index (χ2v) is 3.11. The normalized spacial score (nSPS) is 12.5. The predicted octanol–water partition coefficient (Wildman–Crippen LogP) is 1.47. The molecule has 0 spiro atoms. The summed E-state index contributed by atoms with van der Waals surface area (Å²) < 4.78 is 0. The van der Waals surface area contributed by atoms with E-state index in [4.69, 9.17) is 22.4 Å². The Labute approximate surface area is 81.1 Å². The maximum atomic E-state index is 10.7. The van der Waals surface area contributed by atoms with Gasteiger partial charge in [-0.25, -0.2) is 0 Å². The molecule has 1 aromatic rings. The molecule has 0 heterocycles. The van der Waals surface area contributed by atoms with E-state index in [0.29, 0.717) is 10.6 Å². The average Bonchev–Trinajstić information content (AvgIpc) is 2.09. The van der Waals surface area contributed by atoms with Crippen LogP contribution in [0.4, 0.5) is 0 Å². The maximum Gasteiger partial charge on any atom is 0.312 e. The minimum atomic E-state index is -0.912. The van der Waals surface area contributed by atoms with Gasteiger partial charge in [-0.2, -0.15) is 0 Å². The van der Waals surface area contributed by atoms with Crippen molar-refractivity contribution in [1.29, 1.82) is 0 Å². The highest BCUT2D eigenvalue weighted by molar-refractivity contribution is 6.30. The first kappa shape index (κ1) is 10.0. The highest BCUT2D eigenvalue weighted by atomic mass is 35.5. The summed E-state index contributed by atoms with van der Waals surface area (Å²) in [5, 5.41) is 9.37. The van der Waals surface area contributed by atoms with Gasteiger partial charge in [0.1, 0.15) is 0 Å². The van der Waals surface area contributed by atoms with Gasteiger partial charge in [-0.05, 0) is 17.7 Å². The third-order valence-electron chi connectivity index (χ3n) is 1.81. The number of carbonyl (C=O) groups is 1. The van der Waals surface area contributed by atoms with Crippen molar-refractivity contribution in [3.05, 3.63) is 34.9 Å². The molecule has 0 radical (unpaired) electrons. The molecule has 0 bridgehead atoms. The van der Waals surface area contributed by atoms with Gasteiger partial charge in [0.25, 0.3) is 0 Å². The molecule has 0 aromatic heterocycles. The largest absolute Gasteiger partial charge is 0.481 e. The Morgan fingerprint density at radius 2 is 2.00 bits per heavy atom. The minimum Gasteiger partial charge on any atom is -0.481 e. The van der Waals surface area contributed by atoms with Crippen LogP contribution in [0.15, 0.2) is 24.3 Å². The molecule has 0 aliphatic heterocycles. The van der Waals surface area contributed by atoms with Crippen molar-refractivity contribution < 1.29 is 9.90 Å². The molecule has 4 heteroatoms. The van der Waals surface area contributed by atoms with E-state index < -0.39 is 11.9 Å². The topological polar surface area (TPSA) is 63.3 Å². The first-order valence-electron chi connectivity index (χ1n) is 3.83. The van der Waals surface area contributed by atoms with Gasteiger partial charge in [0.2, 0.25) is 0 Å². The highest BCUT2D eigenvalue weighted by Gasteiger charge is 2.17.